The van der Waals surface area contributed by atoms with Crippen molar-refractivity contribution in [1.29, 1.82) is 0 Å². The van der Waals surface area contributed by atoms with Crippen molar-refractivity contribution in [3.63, 3.8) is 0 Å². The molecule has 0 amide bonds. The highest BCUT2D eigenvalue weighted by Crippen LogP contribution is 2.52. The fourth-order valence-electron chi connectivity index (χ4n) is 3.00. The van der Waals surface area contributed by atoms with Gasteiger partial charge in [0.1, 0.15) is 0 Å². The minimum atomic E-state index is 0.682. The number of ether oxygens (including phenoxy) is 1. The molecule has 2 saturated heterocycles. The van der Waals surface area contributed by atoms with E-state index < -0.39 is 0 Å². The molecule has 1 saturated carbocycles. The Morgan fingerprint density at radius 2 is 2.18 bits per heavy atom. The van der Waals surface area contributed by atoms with Gasteiger partial charge in [0.25, 0.3) is 0 Å². The highest BCUT2D eigenvalue weighted by molar-refractivity contribution is 5.06. The van der Waals surface area contributed by atoms with Gasteiger partial charge in [-0.2, -0.15) is 0 Å². The Hall–Kier alpha value is -0.0800. The zero-order chi connectivity index (χ0) is 7.31. The predicted octanol–water partition coefficient (Wildman–Crippen LogP) is 0.775. The quantitative estimate of drug-likeness (QED) is 0.555. The summed E-state index contributed by atoms with van der Waals surface area (Å²) in [7, 11) is 0. The van der Waals surface area contributed by atoms with E-state index in [1.807, 2.05) is 0 Å². The van der Waals surface area contributed by atoms with Crippen LogP contribution in [0.15, 0.2) is 0 Å². The van der Waals surface area contributed by atoms with Crippen molar-refractivity contribution in [2.75, 3.05) is 19.8 Å². The molecular weight excluding hydrogens is 138 g/mol. The summed E-state index contributed by atoms with van der Waals surface area (Å²) in [4.78, 5) is 0. The lowest BCUT2D eigenvalue weighted by Gasteiger charge is -2.42. The molecule has 2 atom stereocenters. The van der Waals surface area contributed by atoms with Gasteiger partial charge in [-0.25, -0.2) is 0 Å². The first-order valence-electron chi connectivity index (χ1n) is 4.72. The van der Waals surface area contributed by atoms with Gasteiger partial charge in [-0.3, -0.25) is 0 Å². The number of nitrogens with one attached hydrogen (secondary N) is 1. The van der Waals surface area contributed by atoms with Crippen molar-refractivity contribution in [3.05, 3.63) is 0 Å². The Bertz CT molecular complexity index is 176. The third-order valence-corrected chi connectivity index (χ3v) is 3.93. The summed E-state index contributed by atoms with van der Waals surface area (Å²) in [6.45, 7) is 3.26. The second-order valence-electron chi connectivity index (χ2n) is 4.35. The van der Waals surface area contributed by atoms with E-state index in [9.17, 15) is 0 Å². The summed E-state index contributed by atoms with van der Waals surface area (Å²) in [5, 5.41) is 3.59. The van der Waals surface area contributed by atoms with Crippen LogP contribution in [0.5, 0.6) is 0 Å². The smallest absolute Gasteiger partial charge is 0.0623 e. The van der Waals surface area contributed by atoms with E-state index in [0.29, 0.717) is 11.5 Å². The Kier molecular flexibility index (Phi) is 1.16. The first-order valence-corrected chi connectivity index (χ1v) is 4.72. The van der Waals surface area contributed by atoms with E-state index in [2.05, 4.69) is 5.32 Å². The van der Waals surface area contributed by atoms with Crippen molar-refractivity contribution in [3.8, 4) is 0 Å². The van der Waals surface area contributed by atoms with Gasteiger partial charge >= 0.3 is 0 Å². The topological polar surface area (TPSA) is 21.3 Å². The maximum atomic E-state index is 5.48. The summed E-state index contributed by atoms with van der Waals surface area (Å²) in [5.41, 5.74) is 0.682. The van der Waals surface area contributed by atoms with Crippen molar-refractivity contribution >= 4 is 0 Å². The maximum absolute atomic E-state index is 5.48. The lowest BCUT2D eigenvalue weighted by Crippen LogP contribution is -2.38. The molecule has 2 nitrogen and oxygen atoms in total. The lowest BCUT2D eigenvalue weighted by atomic mass is 9.62. The van der Waals surface area contributed by atoms with Crippen LogP contribution in [-0.2, 0) is 4.74 Å². The average Bonchev–Trinajstić information content (AvgIpc) is 2.38. The minimum Gasteiger partial charge on any atom is -0.379 e. The van der Waals surface area contributed by atoms with Gasteiger partial charge in [0.2, 0.25) is 0 Å². The van der Waals surface area contributed by atoms with Crippen LogP contribution in [0.25, 0.3) is 0 Å². The Morgan fingerprint density at radius 3 is 2.91 bits per heavy atom. The van der Waals surface area contributed by atoms with E-state index in [1.165, 1.54) is 25.8 Å². The van der Waals surface area contributed by atoms with E-state index in [-0.39, 0.29) is 0 Å². The fourth-order valence-corrected chi connectivity index (χ4v) is 3.00. The monoisotopic (exact) mass is 153 g/mol. The fraction of sp³-hybridized carbons (Fsp3) is 1.00. The van der Waals surface area contributed by atoms with Gasteiger partial charge in [0.15, 0.2) is 0 Å². The molecular formula is C9H15NO. The molecule has 3 aliphatic rings. The minimum absolute atomic E-state index is 0.682. The van der Waals surface area contributed by atoms with E-state index >= 15 is 0 Å². The molecule has 2 aliphatic heterocycles. The molecule has 3 fully saturated rings. The molecule has 11 heavy (non-hydrogen) atoms. The first kappa shape index (κ1) is 6.44. The Balaban J connectivity index is 1.86. The highest BCUT2D eigenvalue weighted by Gasteiger charge is 2.53. The molecule has 0 unspecified atom stereocenters. The molecule has 62 valence electrons. The molecule has 0 radical (unpaired) electrons. The van der Waals surface area contributed by atoms with Gasteiger partial charge < -0.3 is 10.1 Å². The van der Waals surface area contributed by atoms with Gasteiger partial charge in [0, 0.05) is 18.5 Å². The van der Waals surface area contributed by atoms with Crippen LogP contribution in [0.4, 0.5) is 0 Å². The SMILES string of the molecule is C1CC2(C1)CN[C@H]1COC[C@H]12. The summed E-state index contributed by atoms with van der Waals surface area (Å²) in [6, 6.07) is 0.704. The van der Waals surface area contributed by atoms with Gasteiger partial charge in [-0.15, -0.1) is 0 Å². The maximum Gasteiger partial charge on any atom is 0.0623 e. The largest absolute Gasteiger partial charge is 0.379 e. The zero-order valence-electron chi connectivity index (χ0n) is 6.81. The van der Waals surface area contributed by atoms with E-state index in [1.54, 1.807) is 0 Å². The summed E-state index contributed by atoms with van der Waals surface area (Å²) < 4.78 is 5.48. The number of fused-ring (bicyclic) bond motifs is 2. The Morgan fingerprint density at radius 1 is 1.27 bits per heavy atom. The Labute approximate surface area is 67.3 Å². The summed E-state index contributed by atoms with van der Waals surface area (Å²) in [6.07, 6.45) is 4.35. The number of rotatable bonds is 0. The lowest BCUT2D eigenvalue weighted by molar-refractivity contribution is 0.0656. The van der Waals surface area contributed by atoms with E-state index in [0.717, 1.165) is 19.1 Å². The molecule has 0 aromatic carbocycles. The molecule has 0 aromatic rings. The number of hydrogen-bond donors (Lipinski definition) is 1. The standard InChI is InChI=1S/C9H15NO/c1-2-9(3-1)6-10-8-5-11-4-7(8)9/h7-8,10H,1-6H2/t7-,8+/m1/s1. The van der Waals surface area contributed by atoms with E-state index in [4.69, 9.17) is 4.74 Å². The first-order chi connectivity index (χ1) is 5.41. The normalized spacial score (nSPS) is 45.8. The molecule has 2 heteroatoms. The molecule has 0 bridgehead atoms. The van der Waals surface area contributed by atoms with Gasteiger partial charge in [0.05, 0.1) is 13.2 Å². The third kappa shape index (κ3) is 0.695. The molecule has 1 aliphatic carbocycles. The second kappa shape index (κ2) is 1.99. The van der Waals surface area contributed by atoms with Crippen LogP contribution in [0.2, 0.25) is 0 Å². The average molecular weight is 153 g/mol. The molecule has 1 N–H and O–H groups in total. The van der Waals surface area contributed by atoms with Crippen molar-refractivity contribution in [2.45, 2.75) is 25.3 Å². The highest BCUT2D eigenvalue weighted by atomic mass is 16.5. The molecule has 1 spiro atoms. The summed E-state index contributed by atoms with van der Waals surface area (Å²) in [5.74, 6) is 0.858. The van der Waals surface area contributed by atoms with Gasteiger partial charge in [-0.1, -0.05) is 6.42 Å². The molecule has 3 rings (SSSR count). The zero-order valence-corrected chi connectivity index (χ0v) is 6.81. The van der Waals surface area contributed by atoms with Crippen LogP contribution >= 0.6 is 0 Å². The van der Waals surface area contributed by atoms with Gasteiger partial charge in [-0.05, 0) is 18.3 Å². The second-order valence-corrected chi connectivity index (χ2v) is 4.35. The van der Waals surface area contributed by atoms with Crippen LogP contribution in [0, 0.1) is 11.3 Å². The van der Waals surface area contributed by atoms with Crippen LogP contribution in [0.1, 0.15) is 19.3 Å². The van der Waals surface area contributed by atoms with Crippen LogP contribution in [0.3, 0.4) is 0 Å². The van der Waals surface area contributed by atoms with Crippen molar-refractivity contribution in [1.82, 2.24) is 5.32 Å². The van der Waals surface area contributed by atoms with Crippen molar-refractivity contribution in [2.24, 2.45) is 11.3 Å². The van der Waals surface area contributed by atoms with Crippen LogP contribution < -0.4 is 5.32 Å². The third-order valence-electron chi connectivity index (χ3n) is 3.93. The predicted molar refractivity (Wildman–Crippen MR) is 42.4 cm³/mol. The summed E-state index contributed by atoms with van der Waals surface area (Å²) >= 11 is 0. The molecule has 2 heterocycles. The number of hydrogen-bond acceptors (Lipinski definition) is 2. The molecule has 0 aromatic heterocycles. The van der Waals surface area contributed by atoms with Crippen LogP contribution in [-0.4, -0.2) is 25.8 Å². The van der Waals surface area contributed by atoms with Crippen molar-refractivity contribution < 1.29 is 4.74 Å².